The first-order valence-corrected chi connectivity index (χ1v) is 7.94. The van der Waals surface area contributed by atoms with Crippen LogP contribution >= 0.6 is 0 Å². The summed E-state index contributed by atoms with van der Waals surface area (Å²) in [4.78, 5) is 13.7. The summed E-state index contributed by atoms with van der Waals surface area (Å²) >= 11 is 0. The van der Waals surface area contributed by atoms with E-state index < -0.39 is 6.10 Å². The van der Waals surface area contributed by atoms with Gasteiger partial charge in [0.25, 0.3) is 0 Å². The molecule has 122 valence electrons. The highest BCUT2D eigenvalue weighted by Gasteiger charge is 2.26. The number of urea groups is 1. The van der Waals surface area contributed by atoms with Gasteiger partial charge in [0.1, 0.15) is 5.75 Å². The standard InChI is InChI=1S/C17H26N2O3/c1-13-9-11-19(12-16(13)20)17(21)18-10-3-4-14-5-7-15(22-2)8-6-14/h5-8,13,16,20H,3-4,9-12H2,1-2H3,(H,18,21)/t13-,16-/m1/s1. The number of carbonyl (C=O) groups excluding carboxylic acids is 1. The third-order valence-electron chi connectivity index (χ3n) is 4.28. The van der Waals surface area contributed by atoms with Crippen LogP contribution in [0.15, 0.2) is 24.3 Å². The number of carbonyl (C=O) groups is 1. The van der Waals surface area contributed by atoms with Gasteiger partial charge in [-0.25, -0.2) is 4.79 Å². The zero-order chi connectivity index (χ0) is 15.9. The van der Waals surface area contributed by atoms with Crippen molar-refractivity contribution in [1.29, 1.82) is 0 Å². The normalized spacial score (nSPS) is 21.5. The molecule has 2 amide bonds. The van der Waals surface area contributed by atoms with Crippen LogP contribution in [0.5, 0.6) is 5.75 Å². The van der Waals surface area contributed by atoms with Gasteiger partial charge in [-0.05, 0) is 42.9 Å². The largest absolute Gasteiger partial charge is 0.497 e. The van der Waals surface area contributed by atoms with Crippen molar-refractivity contribution >= 4 is 6.03 Å². The molecule has 22 heavy (non-hydrogen) atoms. The number of benzene rings is 1. The van der Waals surface area contributed by atoms with Gasteiger partial charge in [-0.3, -0.25) is 0 Å². The Bertz CT molecular complexity index is 475. The minimum atomic E-state index is -0.404. The number of piperidine rings is 1. The molecule has 0 aromatic heterocycles. The van der Waals surface area contributed by atoms with Crippen LogP contribution in [0, 0.1) is 5.92 Å². The second-order valence-electron chi connectivity index (χ2n) is 5.96. The molecule has 1 aromatic carbocycles. The maximum absolute atomic E-state index is 12.0. The first-order chi connectivity index (χ1) is 10.6. The number of rotatable bonds is 5. The van der Waals surface area contributed by atoms with Crippen LogP contribution in [-0.2, 0) is 6.42 Å². The summed E-state index contributed by atoms with van der Waals surface area (Å²) in [6.07, 6.45) is 2.27. The number of aliphatic hydroxyl groups excluding tert-OH is 1. The number of nitrogens with one attached hydrogen (secondary N) is 1. The summed E-state index contributed by atoms with van der Waals surface area (Å²) < 4.78 is 5.13. The number of likely N-dealkylation sites (tertiary alicyclic amines) is 1. The van der Waals surface area contributed by atoms with E-state index in [0.29, 0.717) is 13.1 Å². The highest BCUT2D eigenvalue weighted by Crippen LogP contribution is 2.17. The van der Waals surface area contributed by atoms with Crippen LogP contribution in [0.4, 0.5) is 4.79 Å². The molecule has 0 spiro atoms. The molecule has 2 N–H and O–H groups in total. The first-order valence-electron chi connectivity index (χ1n) is 7.94. The van der Waals surface area contributed by atoms with Crippen molar-refractivity contribution < 1.29 is 14.6 Å². The Hall–Kier alpha value is -1.75. The van der Waals surface area contributed by atoms with Crippen LogP contribution in [0.3, 0.4) is 0 Å². The summed E-state index contributed by atoms with van der Waals surface area (Å²) in [5.74, 6) is 1.13. The van der Waals surface area contributed by atoms with Gasteiger partial charge < -0.3 is 20.1 Å². The van der Waals surface area contributed by atoms with E-state index in [-0.39, 0.29) is 11.9 Å². The number of methoxy groups -OCH3 is 1. The lowest BCUT2D eigenvalue weighted by molar-refractivity contribution is 0.0436. The van der Waals surface area contributed by atoms with E-state index in [9.17, 15) is 9.90 Å². The van der Waals surface area contributed by atoms with Crippen molar-refractivity contribution in [3.8, 4) is 5.75 Å². The van der Waals surface area contributed by atoms with Gasteiger partial charge in [-0.15, -0.1) is 0 Å². The number of aryl methyl sites for hydroxylation is 1. The van der Waals surface area contributed by atoms with Gasteiger partial charge >= 0.3 is 6.03 Å². The summed E-state index contributed by atoms with van der Waals surface area (Å²) in [7, 11) is 1.66. The number of hydrogen-bond donors (Lipinski definition) is 2. The Morgan fingerprint density at radius 2 is 2.14 bits per heavy atom. The smallest absolute Gasteiger partial charge is 0.317 e. The van der Waals surface area contributed by atoms with Crippen LogP contribution in [0.2, 0.25) is 0 Å². The predicted molar refractivity (Wildman–Crippen MR) is 86.1 cm³/mol. The topological polar surface area (TPSA) is 61.8 Å². The molecule has 0 saturated carbocycles. The molecule has 0 unspecified atom stereocenters. The predicted octanol–water partition coefficient (Wildman–Crippen LogP) is 2.04. The molecule has 2 rings (SSSR count). The molecule has 0 bridgehead atoms. The molecule has 2 atom stereocenters. The number of amides is 2. The third-order valence-corrected chi connectivity index (χ3v) is 4.28. The van der Waals surface area contributed by atoms with E-state index in [1.165, 1.54) is 5.56 Å². The molecule has 5 nitrogen and oxygen atoms in total. The zero-order valence-electron chi connectivity index (χ0n) is 13.4. The molecule has 1 saturated heterocycles. The van der Waals surface area contributed by atoms with Crippen LogP contribution in [0.25, 0.3) is 0 Å². The van der Waals surface area contributed by atoms with E-state index >= 15 is 0 Å². The van der Waals surface area contributed by atoms with Crippen molar-refractivity contribution in [3.05, 3.63) is 29.8 Å². The molecule has 1 aliphatic heterocycles. The van der Waals surface area contributed by atoms with Crippen LogP contribution in [0.1, 0.15) is 25.3 Å². The summed E-state index contributed by atoms with van der Waals surface area (Å²) in [6.45, 7) is 3.83. The lowest BCUT2D eigenvalue weighted by atomic mass is 9.96. The van der Waals surface area contributed by atoms with Gasteiger partial charge in [-0.1, -0.05) is 19.1 Å². The van der Waals surface area contributed by atoms with E-state index in [1.807, 2.05) is 31.2 Å². The number of nitrogens with zero attached hydrogens (tertiary/aromatic N) is 1. The fourth-order valence-electron chi connectivity index (χ4n) is 2.63. The summed E-state index contributed by atoms with van der Waals surface area (Å²) in [5.41, 5.74) is 1.23. The molecule has 1 heterocycles. The van der Waals surface area contributed by atoms with E-state index in [0.717, 1.165) is 31.6 Å². The van der Waals surface area contributed by atoms with Crippen molar-refractivity contribution in [2.45, 2.75) is 32.3 Å². The van der Waals surface area contributed by atoms with Crippen LogP contribution < -0.4 is 10.1 Å². The Kier molecular flexibility index (Phi) is 6.07. The minimum Gasteiger partial charge on any atom is -0.497 e. The molecule has 0 radical (unpaired) electrons. The van der Waals surface area contributed by atoms with E-state index in [1.54, 1.807) is 12.0 Å². The summed E-state index contributed by atoms with van der Waals surface area (Å²) in [5, 5.41) is 12.8. The van der Waals surface area contributed by atoms with Crippen molar-refractivity contribution in [3.63, 3.8) is 0 Å². The highest BCUT2D eigenvalue weighted by atomic mass is 16.5. The van der Waals surface area contributed by atoms with Gasteiger partial charge in [-0.2, -0.15) is 0 Å². The molecular formula is C17H26N2O3. The van der Waals surface area contributed by atoms with Gasteiger partial charge in [0.05, 0.1) is 13.2 Å². The van der Waals surface area contributed by atoms with E-state index in [2.05, 4.69) is 5.32 Å². The quantitative estimate of drug-likeness (QED) is 0.818. The van der Waals surface area contributed by atoms with Gasteiger partial charge in [0, 0.05) is 19.6 Å². The van der Waals surface area contributed by atoms with Crippen molar-refractivity contribution in [2.24, 2.45) is 5.92 Å². The molecular weight excluding hydrogens is 280 g/mol. The summed E-state index contributed by atoms with van der Waals surface area (Å²) in [6, 6.07) is 7.92. The van der Waals surface area contributed by atoms with Crippen LogP contribution in [-0.4, -0.2) is 48.9 Å². The third kappa shape index (κ3) is 4.63. The second-order valence-corrected chi connectivity index (χ2v) is 5.96. The number of β-amino-alcohol motifs (C(OH)–C–C–N with tert-alkyl or cyclic N) is 1. The fraction of sp³-hybridized carbons (Fsp3) is 0.588. The monoisotopic (exact) mass is 306 g/mol. The number of aliphatic hydroxyl groups is 1. The lowest BCUT2D eigenvalue weighted by Gasteiger charge is -2.34. The van der Waals surface area contributed by atoms with Crippen molar-refractivity contribution in [2.75, 3.05) is 26.7 Å². The maximum Gasteiger partial charge on any atom is 0.317 e. The lowest BCUT2D eigenvalue weighted by Crippen LogP contribution is -2.49. The average molecular weight is 306 g/mol. The molecule has 1 aromatic rings. The number of hydrogen-bond acceptors (Lipinski definition) is 3. The molecule has 1 fully saturated rings. The maximum atomic E-state index is 12.0. The Labute approximate surface area is 132 Å². The van der Waals surface area contributed by atoms with Crippen molar-refractivity contribution in [1.82, 2.24) is 10.2 Å². The SMILES string of the molecule is COc1ccc(CCCNC(=O)N2CC[C@@H](C)[C@H](O)C2)cc1. The fourth-order valence-corrected chi connectivity index (χ4v) is 2.63. The molecule has 1 aliphatic rings. The van der Waals surface area contributed by atoms with Gasteiger partial charge in [0.15, 0.2) is 0 Å². The Balaban J connectivity index is 1.66. The Morgan fingerprint density at radius 3 is 2.77 bits per heavy atom. The van der Waals surface area contributed by atoms with E-state index in [4.69, 9.17) is 4.74 Å². The molecule has 5 heteroatoms. The second kappa shape index (κ2) is 8.03. The average Bonchev–Trinajstić information content (AvgIpc) is 2.54. The minimum absolute atomic E-state index is 0.0688. The zero-order valence-corrected chi connectivity index (χ0v) is 13.4. The van der Waals surface area contributed by atoms with Gasteiger partial charge in [0.2, 0.25) is 0 Å². The Morgan fingerprint density at radius 1 is 1.41 bits per heavy atom. The first kappa shape index (κ1) is 16.6. The highest BCUT2D eigenvalue weighted by molar-refractivity contribution is 5.74. The number of ether oxygens (including phenoxy) is 1. The molecule has 0 aliphatic carbocycles.